The molecule has 1 aromatic rings. The summed E-state index contributed by atoms with van der Waals surface area (Å²) >= 11 is 0. The molecule has 1 rings (SSSR count). The van der Waals surface area contributed by atoms with Crippen molar-refractivity contribution in [2.45, 2.75) is 65.0 Å². The van der Waals surface area contributed by atoms with Crippen LogP contribution in [0.4, 0.5) is 0 Å². The molecule has 21 heavy (non-hydrogen) atoms. The number of aromatic nitrogens is 2. The Labute approximate surface area is 129 Å². The summed E-state index contributed by atoms with van der Waals surface area (Å²) in [6.07, 6.45) is 11.3. The molecule has 5 heteroatoms. The molecule has 0 aromatic carbocycles. The van der Waals surface area contributed by atoms with E-state index in [1.165, 1.54) is 32.1 Å². The van der Waals surface area contributed by atoms with E-state index >= 15 is 0 Å². The van der Waals surface area contributed by atoms with Crippen LogP contribution in [0.25, 0.3) is 0 Å². The number of aliphatic imine (C=N–C) groups is 1. The number of nitrogens with one attached hydrogen (secondary N) is 2. The van der Waals surface area contributed by atoms with Gasteiger partial charge in [-0.05, 0) is 25.8 Å². The summed E-state index contributed by atoms with van der Waals surface area (Å²) in [5.74, 6) is 0.901. The average Bonchev–Trinajstić information content (AvgIpc) is 3.00. The maximum atomic E-state index is 4.28. The average molecular weight is 293 g/mol. The van der Waals surface area contributed by atoms with E-state index in [1.54, 1.807) is 0 Å². The van der Waals surface area contributed by atoms with Crippen molar-refractivity contribution in [1.29, 1.82) is 0 Å². The molecule has 1 aromatic heterocycles. The van der Waals surface area contributed by atoms with Gasteiger partial charge in [-0.15, -0.1) is 0 Å². The van der Waals surface area contributed by atoms with Crippen LogP contribution in [0.5, 0.6) is 0 Å². The van der Waals surface area contributed by atoms with E-state index in [1.807, 2.05) is 30.2 Å². The molecule has 120 valence electrons. The number of aryl methyl sites for hydroxylation is 1. The highest BCUT2D eigenvalue weighted by atomic mass is 15.3. The van der Waals surface area contributed by atoms with E-state index in [0.29, 0.717) is 6.04 Å². The van der Waals surface area contributed by atoms with E-state index < -0.39 is 0 Å². The third-order valence-corrected chi connectivity index (χ3v) is 3.51. The fourth-order valence-corrected chi connectivity index (χ4v) is 2.26. The molecule has 1 atom stereocenters. The zero-order valence-corrected chi connectivity index (χ0v) is 13.8. The first kappa shape index (κ1) is 17.5. The largest absolute Gasteiger partial charge is 0.356 e. The van der Waals surface area contributed by atoms with Gasteiger partial charge >= 0.3 is 0 Å². The zero-order chi connectivity index (χ0) is 15.3. The Hall–Kier alpha value is -1.52. The third kappa shape index (κ3) is 8.38. The van der Waals surface area contributed by atoms with Crippen molar-refractivity contribution in [3.05, 3.63) is 18.5 Å². The summed E-state index contributed by atoms with van der Waals surface area (Å²) < 4.78 is 1.95. The van der Waals surface area contributed by atoms with E-state index in [9.17, 15) is 0 Å². The van der Waals surface area contributed by atoms with Crippen molar-refractivity contribution in [2.75, 3.05) is 13.6 Å². The van der Waals surface area contributed by atoms with Gasteiger partial charge in [-0.3, -0.25) is 9.67 Å². The predicted octanol–water partition coefficient (Wildman–Crippen LogP) is 2.80. The first-order valence-corrected chi connectivity index (χ1v) is 8.21. The van der Waals surface area contributed by atoms with Crippen LogP contribution in [-0.4, -0.2) is 35.4 Å². The lowest BCUT2D eigenvalue weighted by Gasteiger charge is -2.17. The normalized spacial score (nSPS) is 13.2. The highest BCUT2D eigenvalue weighted by Crippen LogP contribution is 2.05. The summed E-state index contributed by atoms with van der Waals surface area (Å²) in [5, 5.41) is 11.0. The Morgan fingerprint density at radius 3 is 2.81 bits per heavy atom. The molecule has 0 saturated heterocycles. The molecule has 0 bridgehead atoms. The maximum Gasteiger partial charge on any atom is 0.191 e. The minimum absolute atomic E-state index is 0.471. The summed E-state index contributed by atoms with van der Waals surface area (Å²) in [4.78, 5) is 4.28. The van der Waals surface area contributed by atoms with Gasteiger partial charge in [0.1, 0.15) is 0 Å². The first-order valence-electron chi connectivity index (χ1n) is 8.21. The van der Waals surface area contributed by atoms with E-state index in [-0.39, 0.29) is 0 Å². The SMILES string of the molecule is CCCCCCC(C)NC(=NC)NCCCn1cccn1. The minimum Gasteiger partial charge on any atom is -0.356 e. The van der Waals surface area contributed by atoms with Gasteiger partial charge in [-0.2, -0.15) is 5.10 Å². The molecule has 1 unspecified atom stereocenters. The molecule has 2 N–H and O–H groups in total. The monoisotopic (exact) mass is 293 g/mol. The summed E-state index contributed by atoms with van der Waals surface area (Å²) in [7, 11) is 1.83. The van der Waals surface area contributed by atoms with Crippen molar-refractivity contribution in [3.63, 3.8) is 0 Å². The fraction of sp³-hybridized carbons (Fsp3) is 0.750. The first-order chi connectivity index (χ1) is 10.3. The van der Waals surface area contributed by atoms with Gasteiger partial charge in [0.15, 0.2) is 5.96 Å². The second-order valence-electron chi connectivity index (χ2n) is 5.52. The molecule has 0 aliphatic heterocycles. The van der Waals surface area contributed by atoms with Crippen LogP contribution in [0.2, 0.25) is 0 Å². The number of hydrogen-bond donors (Lipinski definition) is 2. The van der Waals surface area contributed by atoms with E-state index in [0.717, 1.165) is 25.5 Å². The van der Waals surface area contributed by atoms with Gasteiger partial charge in [0.2, 0.25) is 0 Å². The molecule has 0 saturated carbocycles. The topological polar surface area (TPSA) is 54.2 Å². The van der Waals surface area contributed by atoms with Crippen LogP contribution in [0.15, 0.2) is 23.5 Å². The highest BCUT2D eigenvalue weighted by Gasteiger charge is 2.04. The summed E-state index contributed by atoms with van der Waals surface area (Å²) in [5.41, 5.74) is 0. The Balaban J connectivity index is 2.10. The van der Waals surface area contributed by atoms with Crippen LogP contribution in [-0.2, 0) is 6.54 Å². The molecular formula is C16H31N5. The Kier molecular flexibility index (Phi) is 9.33. The molecule has 0 spiro atoms. The van der Waals surface area contributed by atoms with Crippen LogP contribution >= 0.6 is 0 Å². The minimum atomic E-state index is 0.471. The Morgan fingerprint density at radius 2 is 2.14 bits per heavy atom. The van der Waals surface area contributed by atoms with E-state index in [4.69, 9.17) is 0 Å². The van der Waals surface area contributed by atoms with Gasteiger partial charge in [-0.1, -0.05) is 32.6 Å². The lowest BCUT2D eigenvalue weighted by atomic mass is 10.1. The number of rotatable bonds is 10. The fourth-order valence-electron chi connectivity index (χ4n) is 2.26. The zero-order valence-electron chi connectivity index (χ0n) is 13.8. The molecule has 5 nitrogen and oxygen atoms in total. The van der Waals surface area contributed by atoms with Crippen LogP contribution in [0.1, 0.15) is 52.4 Å². The van der Waals surface area contributed by atoms with Gasteiger partial charge in [-0.25, -0.2) is 0 Å². The quantitative estimate of drug-likeness (QED) is 0.396. The van der Waals surface area contributed by atoms with Gasteiger partial charge in [0.25, 0.3) is 0 Å². The standard InChI is InChI=1S/C16H31N5/c1-4-5-6-7-10-15(2)20-16(17-3)18-11-8-13-21-14-9-12-19-21/h9,12,14-15H,4-8,10-11,13H2,1-3H3,(H2,17,18,20). The van der Waals surface area contributed by atoms with Crippen molar-refractivity contribution in [1.82, 2.24) is 20.4 Å². The van der Waals surface area contributed by atoms with Crippen molar-refractivity contribution < 1.29 is 0 Å². The maximum absolute atomic E-state index is 4.28. The summed E-state index contributed by atoms with van der Waals surface area (Å²) in [6.45, 7) is 6.31. The van der Waals surface area contributed by atoms with Crippen LogP contribution in [0.3, 0.4) is 0 Å². The Bertz CT molecular complexity index is 372. The lowest BCUT2D eigenvalue weighted by Crippen LogP contribution is -2.42. The predicted molar refractivity (Wildman–Crippen MR) is 89.6 cm³/mol. The van der Waals surface area contributed by atoms with Crippen molar-refractivity contribution in [3.8, 4) is 0 Å². The van der Waals surface area contributed by atoms with Crippen molar-refractivity contribution in [2.24, 2.45) is 4.99 Å². The van der Waals surface area contributed by atoms with Crippen LogP contribution in [0, 0.1) is 0 Å². The molecule has 0 fully saturated rings. The smallest absolute Gasteiger partial charge is 0.191 e. The second-order valence-corrected chi connectivity index (χ2v) is 5.52. The summed E-state index contributed by atoms with van der Waals surface area (Å²) in [6, 6.07) is 2.42. The Morgan fingerprint density at radius 1 is 1.29 bits per heavy atom. The molecular weight excluding hydrogens is 262 g/mol. The number of unbranched alkanes of at least 4 members (excludes halogenated alkanes) is 3. The van der Waals surface area contributed by atoms with E-state index in [2.05, 4.69) is 34.6 Å². The van der Waals surface area contributed by atoms with Gasteiger partial charge in [0, 0.05) is 38.6 Å². The number of nitrogens with zero attached hydrogens (tertiary/aromatic N) is 3. The molecule has 0 amide bonds. The number of hydrogen-bond acceptors (Lipinski definition) is 2. The molecule has 0 aliphatic carbocycles. The second kappa shape index (κ2) is 11.2. The molecule has 0 aliphatic rings. The van der Waals surface area contributed by atoms with Gasteiger partial charge < -0.3 is 10.6 Å². The third-order valence-electron chi connectivity index (χ3n) is 3.51. The van der Waals surface area contributed by atoms with Crippen molar-refractivity contribution >= 4 is 5.96 Å². The number of guanidine groups is 1. The van der Waals surface area contributed by atoms with Gasteiger partial charge in [0.05, 0.1) is 0 Å². The lowest BCUT2D eigenvalue weighted by molar-refractivity contribution is 0.531. The molecule has 1 heterocycles. The van der Waals surface area contributed by atoms with Crippen LogP contribution < -0.4 is 10.6 Å². The molecule has 0 radical (unpaired) electrons. The highest BCUT2D eigenvalue weighted by molar-refractivity contribution is 5.79.